The summed E-state index contributed by atoms with van der Waals surface area (Å²) < 4.78 is 37.3. The van der Waals surface area contributed by atoms with E-state index in [1.165, 1.54) is 0 Å². The molecule has 1 saturated carbocycles. The Labute approximate surface area is 96.7 Å². The smallest absolute Gasteiger partial charge is 0.325 e. The fraction of sp³-hybridized carbons (Fsp3) is 0.556. The standard InChI is InChI=1S/C9H10F3N3.ClH/c10-9(11,12)7-3-6(4-13)14-8(15-7)5-1-2-5;/h3,5H,1-2,4,13H2;1H. The van der Waals surface area contributed by atoms with E-state index < -0.39 is 11.9 Å². The predicted octanol–water partition coefficient (Wildman–Crippen LogP) is 2.25. The molecule has 1 aromatic rings. The summed E-state index contributed by atoms with van der Waals surface area (Å²) in [5.74, 6) is 0.378. The zero-order valence-electron chi connectivity index (χ0n) is 8.29. The molecule has 1 aromatic heterocycles. The van der Waals surface area contributed by atoms with Gasteiger partial charge in [-0.15, -0.1) is 12.4 Å². The third-order valence-electron chi connectivity index (χ3n) is 2.24. The maximum atomic E-state index is 12.4. The number of alkyl halides is 3. The van der Waals surface area contributed by atoms with Gasteiger partial charge in [0.1, 0.15) is 11.5 Å². The quantitative estimate of drug-likeness (QED) is 0.880. The van der Waals surface area contributed by atoms with Crippen molar-refractivity contribution in [3.8, 4) is 0 Å². The van der Waals surface area contributed by atoms with Crippen molar-refractivity contribution in [2.45, 2.75) is 31.5 Å². The summed E-state index contributed by atoms with van der Waals surface area (Å²) in [7, 11) is 0. The number of hydrogen-bond acceptors (Lipinski definition) is 3. The Morgan fingerprint density at radius 3 is 2.38 bits per heavy atom. The van der Waals surface area contributed by atoms with Crippen molar-refractivity contribution in [2.75, 3.05) is 0 Å². The van der Waals surface area contributed by atoms with E-state index in [9.17, 15) is 13.2 Å². The SMILES string of the molecule is Cl.NCc1cc(C(F)(F)F)nc(C2CC2)n1. The molecule has 3 nitrogen and oxygen atoms in total. The van der Waals surface area contributed by atoms with Gasteiger partial charge in [0.25, 0.3) is 0 Å². The average Bonchev–Trinajstić information content (AvgIpc) is 2.99. The van der Waals surface area contributed by atoms with Gasteiger partial charge >= 0.3 is 6.18 Å². The molecule has 1 fully saturated rings. The molecule has 0 unspecified atom stereocenters. The first kappa shape index (κ1) is 13.2. The number of nitrogens with two attached hydrogens (primary N) is 1. The molecule has 0 aromatic carbocycles. The number of nitrogens with zero attached hydrogens (tertiary/aromatic N) is 2. The lowest BCUT2D eigenvalue weighted by Gasteiger charge is -2.08. The first-order chi connectivity index (χ1) is 7.00. The molecule has 0 saturated heterocycles. The topological polar surface area (TPSA) is 51.8 Å². The molecule has 7 heteroatoms. The van der Waals surface area contributed by atoms with Crippen molar-refractivity contribution >= 4 is 12.4 Å². The van der Waals surface area contributed by atoms with Crippen molar-refractivity contribution in [3.05, 3.63) is 23.3 Å². The maximum Gasteiger partial charge on any atom is 0.433 e. The number of rotatable bonds is 2. The molecule has 90 valence electrons. The molecule has 1 aliphatic carbocycles. The van der Waals surface area contributed by atoms with Gasteiger partial charge in [-0.1, -0.05) is 0 Å². The predicted molar refractivity (Wildman–Crippen MR) is 54.1 cm³/mol. The molecule has 1 aliphatic rings. The summed E-state index contributed by atoms with van der Waals surface area (Å²) in [6.07, 6.45) is -2.69. The Morgan fingerprint density at radius 1 is 1.31 bits per heavy atom. The van der Waals surface area contributed by atoms with Gasteiger partial charge in [-0.05, 0) is 18.9 Å². The Hall–Kier alpha value is -0.880. The molecular weight excluding hydrogens is 243 g/mol. The van der Waals surface area contributed by atoms with Crippen LogP contribution in [0.15, 0.2) is 6.07 Å². The van der Waals surface area contributed by atoms with E-state index in [-0.39, 0.29) is 36.4 Å². The second-order valence-corrected chi connectivity index (χ2v) is 3.58. The molecule has 16 heavy (non-hydrogen) atoms. The van der Waals surface area contributed by atoms with Crippen LogP contribution < -0.4 is 5.73 Å². The minimum absolute atomic E-state index is 0. The fourth-order valence-electron chi connectivity index (χ4n) is 1.29. The molecule has 0 radical (unpaired) electrons. The normalized spacial score (nSPS) is 15.8. The summed E-state index contributed by atoms with van der Waals surface area (Å²) in [4.78, 5) is 7.51. The van der Waals surface area contributed by atoms with Crippen LogP contribution in [0.2, 0.25) is 0 Å². The highest BCUT2D eigenvalue weighted by molar-refractivity contribution is 5.85. The minimum Gasteiger partial charge on any atom is -0.325 e. The van der Waals surface area contributed by atoms with Crippen molar-refractivity contribution in [2.24, 2.45) is 5.73 Å². The molecule has 2 N–H and O–H groups in total. The van der Waals surface area contributed by atoms with E-state index in [0.717, 1.165) is 18.9 Å². The third-order valence-corrected chi connectivity index (χ3v) is 2.24. The largest absolute Gasteiger partial charge is 0.433 e. The zero-order valence-corrected chi connectivity index (χ0v) is 9.11. The first-order valence-electron chi connectivity index (χ1n) is 4.66. The summed E-state index contributed by atoms with van der Waals surface area (Å²) in [5, 5.41) is 0. The van der Waals surface area contributed by atoms with E-state index in [1.54, 1.807) is 0 Å². The lowest BCUT2D eigenvalue weighted by Crippen LogP contribution is -2.13. The maximum absolute atomic E-state index is 12.4. The minimum atomic E-state index is -4.42. The first-order valence-corrected chi connectivity index (χ1v) is 4.66. The van der Waals surface area contributed by atoms with Crippen molar-refractivity contribution in [1.82, 2.24) is 9.97 Å². The third kappa shape index (κ3) is 2.82. The molecule has 0 amide bonds. The van der Waals surface area contributed by atoms with Crippen LogP contribution >= 0.6 is 12.4 Å². The lowest BCUT2D eigenvalue weighted by molar-refractivity contribution is -0.141. The number of hydrogen-bond donors (Lipinski definition) is 1. The molecule has 0 spiro atoms. The van der Waals surface area contributed by atoms with Crippen LogP contribution in [-0.2, 0) is 12.7 Å². The molecule has 0 aliphatic heterocycles. The molecule has 0 atom stereocenters. The number of aromatic nitrogens is 2. The Morgan fingerprint density at radius 2 is 1.94 bits per heavy atom. The van der Waals surface area contributed by atoms with Crippen LogP contribution in [0.3, 0.4) is 0 Å². The second-order valence-electron chi connectivity index (χ2n) is 3.58. The highest BCUT2D eigenvalue weighted by Gasteiger charge is 2.35. The van der Waals surface area contributed by atoms with Crippen LogP contribution in [0.5, 0.6) is 0 Å². The molecule has 0 bridgehead atoms. The summed E-state index contributed by atoms with van der Waals surface area (Å²) >= 11 is 0. The second kappa shape index (κ2) is 4.55. The van der Waals surface area contributed by atoms with E-state index in [2.05, 4.69) is 9.97 Å². The van der Waals surface area contributed by atoms with E-state index in [0.29, 0.717) is 0 Å². The van der Waals surface area contributed by atoms with Gasteiger partial charge in [0.05, 0.1) is 5.69 Å². The monoisotopic (exact) mass is 253 g/mol. The van der Waals surface area contributed by atoms with Gasteiger partial charge in [-0.25, -0.2) is 9.97 Å². The zero-order chi connectivity index (χ0) is 11.1. The van der Waals surface area contributed by atoms with Gasteiger partial charge < -0.3 is 5.73 Å². The van der Waals surface area contributed by atoms with Crippen LogP contribution in [0.4, 0.5) is 13.2 Å². The summed E-state index contributed by atoms with van der Waals surface area (Å²) in [6.45, 7) is 0.00528. The van der Waals surface area contributed by atoms with Gasteiger partial charge in [-0.3, -0.25) is 0 Å². The highest BCUT2D eigenvalue weighted by Crippen LogP contribution is 2.39. The summed E-state index contributed by atoms with van der Waals surface area (Å²) in [5.41, 5.74) is 4.65. The highest BCUT2D eigenvalue weighted by atomic mass is 35.5. The van der Waals surface area contributed by atoms with Crippen molar-refractivity contribution < 1.29 is 13.2 Å². The van der Waals surface area contributed by atoms with Gasteiger partial charge in [0.2, 0.25) is 0 Å². The lowest BCUT2D eigenvalue weighted by atomic mass is 10.2. The summed E-state index contributed by atoms with van der Waals surface area (Å²) in [6, 6.07) is 0.909. The molecule has 1 heterocycles. The Kier molecular flexibility index (Phi) is 3.75. The van der Waals surface area contributed by atoms with Crippen LogP contribution in [0.1, 0.15) is 36.0 Å². The van der Waals surface area contributed by atoms with Gasteiger partial charge in [-0.2, -0.15) is 13.2 Å². The van der Waals surface area contributed by atoms with Gasteiger partial charge in [0.15, 0.2) is 0 Å². The molecule has 2 rings (SSSR count). The van der Waals surface area contributed by atoms with Crippen LogP contribution in [0.25, 0.3) is 0 Å². The van der Waals surface area contributed by atoms with Crippen molar-refractivity contribution in [1.29, 1.82) is 0 Å². The van der Waals surface area contributed by atoms with Crippen LogP contribution in [0, 0.1) is 0 Å². The van der Waals surface area contributed by atoms with Crippen LogP contribution in [-0.4, -0.2) is 9.97 Å². The average molecular weight is 254 g/mol. The van der Waals surface area contributed by atoms with E-state index in [4.69, 9.17) is 5.73 Å². The Bertz CT molecular complexity index is 377. The van der Waals surface area contributed by atoms with Crippen molar-refractivity contribution in [3.63, 3.8) is 0 Å². The van der Waals surface area contributed by atoms with E-state index in [1.807, 2.05) is 0 Å². The van der Waals surface area contributed by atoms with Gasteiger partial charge in [0, 0.05) is 12.5 Å². The Balaban J connectivity index is 0.00000128. The van der Waals surface area contributed by atoms with E-state index >= 15 is 0 Å². The molecular formula is C9H11ClF3N3. The fourth-order valence-corrected chi connectivity index (χ4v) is 1.29. The number of halogens is 4.